The van der Waals surface area contributed by atoms with Crippen LogP contribution in [0.1, 0.15) is 0 Å². The first-order chi connectivity index (χ1) is 16.7. The molecule has 0 aromatic carbocycles. The summed E-state index contributed by atoms with van der Waals surface area (Å²) in [6.45, 7) is 6.38. The van der Waals surface area contributed by atoms with Crippen LogP contribution in [0.3, 0.4) is 0 Å². The van der Waals surface area contributed by atoms with Crippen molar-refractivity contribution in [2.75, 3.05) is 0 Å². The van der Waals surface area contributed by atoms with Crippen LogP contribution >= 0.6 is 0 Å². The highest BCUT2D eigenvalue weighted by Crippen LogP contribution is 2.07. The third-order valence-electron chi connectivity index (χ3n) is 3.88. The Morgan fingerprint density at radius 3 is 0.973 bits per heavy atom. The summed E-state index contributed by atoms with van der Waals surface area (Å²) in [5.41, 5.74) is 0. The Balaban J connectivity index is 5.64. The van der Waals surface area contributed by atoms with Crippen molar-refractivity contribution in [2.24, 2.45) is 0 Å². The van der Waals surface area contributed by atoms with E-state index in [-0.39, 0.29) is 0 Å². The second-order valence-corrected chi connectivity index (χ2v) is 87.0. The summed E-state index contributed by atoms with van der Waals surface area (Å²) in [5, 5.41) is 0. The van der Waals surface area contributed by atoms with E-state index in [4.69, 9.17) is 4.12 Å². The fourth-order valence-corrected chi connectivity index (χ4v) is 178. The van der Waals surface area contributed by atoms with Gasteiger partial charge < -0.3 is 71.0 Å². The minimum Gasteiger partial charge on any atom is -0.456 e. The van der Waals surface area contributed by atoms with Gasteiger partial charge in [0.25, 0.3) is 0 Å². The quantitative estimate of drug-likeness (QED) is 0.124. The van der Waals surface area contributed by atoms with Crippen LogP contribution in [0.2, 0.25) is 26.2 Å². The molecule has 0 aliphatic rings. The first kappa shape index (κ1) is 37.6. The van der Waals surface area contributed by atoms with Crippen LogP contribution in [0, 0.1) is 0 Å². The Morgan fingerprint density at radius 2 is 0.730 bits per heavy atom. The molecule has 0 N–H and O–H groups in total. The van der Waals surface area contributed by atoms with Crippen molar-refractivity contribution in [3.8, 4) is 0 Å². The molecule has 0 fully saturated rings. The van der Waals surface area contributed by atoms with E-state index in [1.807, 2.05) is 0 Å². The highest BCUT2D eigenvalue weighted by Gasteiger charge is 2.55. The first-order valence-electron chi connectivity index (χ1n) is 9.48. The summed E-state index contributed by atoms with van der Waals surface area (Å²) in [6, 6.07) is 0. The first-order valence-corrected chi connectivity index (χ1v) is 51.2. The van der Waals surface area contributed by atoms with Crippen LogP contribution in [-0.4, -0.2) is 134 Å². The van der Waals surface area contributed by atoms with E-state index >= 15 is 0 Å². The van der Waals surface area contributed by atoms with Crippen molar-refractivity contribution in [2.45, 2.75) is 26.2 Å². The van der Waals surface area contributed by atoms with Gasteiger partial charge in [-0.2, -0.15) is 0 Å². The highest BCUT2D eigenvalue weighted by atomic mass is 30.1. The van der Waals surface area contributed by atoms with E-state index in [2.05, 4.69) is 0 Å². The third kappa shape index (κ3) is 10.2. The molecule has 0 bridgehead atoms. The molecule has 0 aliphatic carbocycles. The van der Waals surface area contributed by atoms with Gasteiger partial charge in [0.05, 0.1) is 0 Å². The molecule has 0 rings (SSSR count). The zero-order valence-electron chi connectivity index (χ0n) is 19.2. The monoisotopic (exact) mass is 794 g/mol. The second-order valence-electron chi connectivity index (χ2n) is 7.44. The van der Waals surface area contributed by atoms with E-state index < -0.39 is 134 Å². The summed E-state index contributed by atoms with van der Waals surface area (Å²) in [4.78, 5) is 0. The molecule has 0 aliphatic heterocycles. The van der Waals surface area contributed by atoms with Crippen molar-refractivity contribution in [3.05, 3.63) is 0 Å². The Morgan fingerprint density at radius 1 is 0.486 bits per heavy atom. The van der Waals surface area contributed by atoms with Gasteiger partial charge >= 0.3 is 117 Å². The molecule has 194 valence electrons. The fourth-order valence-electron chi connectivity index (χ4n) is 2.22. The molecule has 0 aromatic rings. The highest BCUT2D eigenvalue weighted by molar-refractivity contribution is 7.81. The lowest BCUT2D eigenvalue weighted by molar-refractivity contribution is 0.532. The van der Waals surface area contributed by atoms with E-state index in [1.54, 1.807) is 13.1 Å². The summed E-state index contributed by atoms with van der Waals surface area (Å²) in [7, 11) is -61.3. The SMILES string of the molecule is C[SiH](C)O[Si](C)(C)[Si](=O)[Si](=O)[Si](=O)[Si](=O)[Si](=O)[Si](=O)[Si](=O)[Si](=O)[Si](=O)[Si](=O)[Si](=O)[Si](=O)[Si](=O)[Si](=O)[SiH]=O. The molecule has 0 aromatic heterocycles. The maximum atomic E-state index is 12.6. The van der Waals surface area contributed by atoms with Gasteiger partial charge in [-0.05, 0) is 26.2 Å². The third-order valence-corrected chi connectivity index (χ3v) is 126. The van der Waals surface area contributed by atoms with E-state index in [9.17, 15) is 66.9 Å². The Hall–Kier alpha value is 0.647. The molecule has 0 atom stereocenters. The van der Waals surface area contributed by atoms with Crippen molar-refractivity contribution in [3.63, 3.8) is 0 Å². The van der Waals surface area contributed by atoms with Crippen molar-refractivity contribution >= 4 is 134 Å². The molecular formula is C4H14O16Si17. The number of rotatable bonds is 17. The zero-order chi connectivity index (χ0) is 29.6. The molecule has 0 unspecified atom stereocenters. The van der Waals surface area contributed by atoms with Crippen LogP contribution in [0.5, 0.6) is 0 Å². The standard InChI is InChI=1S/C4H14O16Si17/c1-22(2)20-37(3,4)36(19)35(18)34(17)33(16)32(15)31(14)30(13)29(12)28(11)27(10)26(9)25(8)24(7)23(6)21-5/h21-22H,1-4H3. The maximum absolute atomic E-state index is 12.6. The van der Waals surface area contributed by atoms with Gasteiger partial charge in [0.15, 0.2) is 9.04 Å². The van der Waals surface area contributed by atoms with Gasteiger partial charge in [-0.15, -0.1) is 0 Å². The zero-order valence-corrected chi connectivity index (χ0v) is 36.5. The molecule has 0 spiro atoms. The second kappa shape index (κ2) is 16.2. The van der Waals surface area contributed by atoms with Crippen LogP contribution in [-0.2, 0) is 71.0 Å². The Kier molecular flexibility index (Phi) is 16.5. The van der Waals surface area contributed by atoms with Gasteiger partial charge in [0.2, 0.25) is 7.83 Å². The summed E-state index contributed by atoms with van der Waals surface area (Å²) in [6.07, 6.45) is 0. The molecule has 37 heavy (non-hydrogen) atoms. The van der Waals surface area contributed by atoms with Crippen molar-refractivity contribution in [1.29, 1.82) is 0 Å². The minimum absolute atomic E-state index is 1.45. The lowest BCUT2D eigenvalue weighted by Crippen LogP contribution is -2.58. The predicted molar refractivity (Wildman–Crippen MR) is 135 cm³/mol. The summed E-state index contributed by atoms with van der Waals surface area (Å²) >= 11 is 0. The van der Waals surface area contributed by atoms with E-state index in [1.165, 1.54) is 13.1 Å². The van der Waals surface area contributed by atoms with Crippen LogP contribution in [0.15, 0.2) is 0 Å². The van der Waals surface area contributed by atoms with Gasteiger partial charge in [-0.1, -0.05) is 0 Å². The largest absolute Gasteiger partial charge is 0.456 e. The fraction of sp³-hybridized carbons (Fsp3) is 1.00. The summed E-state index contributed by atoms with van der Waals surface area (Å²) in [5.74, 6) is 0. The van der Waals surface area contributed by atoms with E-state index in [0.29, 0.717) is 0 Å². The lowest BCUT2D eigenvalue weighted by Gasteiger charge is -2.21. The van der Waals surface area contributed by atoms with Crippen LogP contribution in [0.4, 0.5) is 0 Å². The molecular weight excluding hydrogens is 781 g/mol. The molecule has 0 saturated heterocycles. The maximum Gasteiger partial charge on any atom is 0.381 e. The van der Waals surface area contributed by atoms with Crippen LogP contribution < -0.4 is 0 Å². The smallest absolute Gasteiger partial charge is 0.381 e. The topological polar surface area (TPSA) is 265 Å². The van der Waals surface area contributed by atoms with Gasteiger partial charge in [0, 0.05) is 0 Å². The lowest BCUT2D eigenvalue weighted by atomic mass is 11.9. The average molecular weight is 796 g/mol. The minimum atomic E-state index is -4.17. The van der Waals surface area contributed by atoms with Crippen molar-refractivity contribution < 1.29 is 71.0 Å². The number of hydrogen-bond acceptors (Lipinski definition) is 16. The average Bonchev–Trinajstić information content (AvgIpc) is 2.85. The number of hydrogen-bond donors (Lipinski definition) is 0. The van der Waals surface area contributed by atoms with Gasteiger partial charge in [-0.25, -0.2) is 0 Å². The molecule has 0 amide bonds. The summed E-state index contributed by atoms with van der Waals surface area (Å²) < 4.78 is 187. The van der Waals surface area contributed by atoms with Gasteiger partial charge in [0.1, 0.15) is 0 Å². The van der Waals surface area contributed by atoms with Crippen LogP contribution in [0.25, 0.3) is 0 Å². The Bertz CT molecular complexity index is 1270. The Labute approximate surface area is 229 Å². The normalized spacial score (nSPS) is 10.5. The molecule has 0 radical (unpaired) electrons. The van der Waals surface area contributed by atoms with Gasteiger partial charge in [-0.3, -0.25) is 0 Å². The molecule has 33 heteroatoms. The molecule has 0 saturated carbocycles. The molecule has 0 heterocycles. The predicted octanol–water partition coefficient (Wildman–Crippen LogP) is -6.52. The van der Waals surface area contributed by atoms with Crippen molar-refractivity contribution in [1.82, 2.24) is 0 Å². The van der Waals surface area contributed by atoms with E-state index in [0.717, 1.165) is 0 Å². The molecule has 16 nitrogen and oxygen atoms in total.